The molecule has 0 aromatic carbocycles. The van der Waals surface area contributed by atoms with E-state index in [2.05, 4.69) is 34.0 Å². The van der Waals surface area contributed by atoms with Crippen LogP contribution in [0.4, 0.5) is 0 Å². The van der Waals surface area contributed by atoms with Crippen molar-refractivity contribution in [1.29, 1.82) is 0 Å². The first-order valence-electron chi connectivity index (χ1n) is 5.72. The average molecular weight is 236 g/mol. The van der Waals surface area contributed by atoms with E-state index in [1.54, 1.807) is 0 Å². The van der Waals surface area contributed by atoms with Crippen LogP contribution in [0.3, 0.4) is 0 Å². The van der Waals surface area contributed by atoms with Gasteiger partial charge in [0.1, 0.15) is 6.33 Å². The van der Waals surface area contributed by atoms with Crippen molar-refractivity contribution < 1.29 is 4.79 Å². The lowest BCUT2D eigenvalue weighted by atomic mass is 10.0. The fourth-order valence-electron chi connectivity index (χ4n) is 1.73. The lowest BCUT2D eigenvalue weighted by Gasteiger charge is -2.28. The van der Waals surface area contributed by atoms with Crippen molar-refractivity contribution in [3.05, 3.63) is 24.3 Å². The summed E-state index contributed by atoms with van der Waals surface area (Å²) in [5, 5.41) is 2.90. The molecular formula is C12H20N4O. The van der Waals surface area contributed by atoms with Gasteiger partial charge in [0.15, 0.2) is 0 Å². The summed E-state index contributed by atoms with van der Waals surface area (Å²) >= 11 is 0. The summed E-state index contributed by atoms with van der Waals surface area (Å²) in [5.41, 5.74) is 0.494. The molecule has 1 rings (SSSR count). The molecule has 0 unspecified atom stereocenters. The van der Waals surface area contributed by atoms with Gasteiger partial charge in [0.05, 0.1) is 5.56 Å². The molecule has 0 bridgehead atoms. The smallest absolute Gasteiger partial charge is 0.254 e. The monoisotopic (exact) mass is 236 g/mol. The Labute approximate surface area is 102 Å². The molecule has 0 aliphatic heterocycles. The molecule has 5 heteroatoms. The molecule has 1 heterocycles. The molecule has 17 heavy (non-hydrogen) atoms. The first kappa shape index (κ1) is 13.6. The molecule has 0 radical (unpaired) electrons. The molecule has 0 spiro atoms. The second-order valence-electron chi connectivity index (χ2n) is 4.61. The van der Waals surface area contributed by atoms with Gasteiger partial charge in [-0.05, 0) is 20.0 Å². The number of hydrogen-bond acceptors (Lipinski definition) is 4. The topological polar surface area (TPSA) is 58.1 Å². The number of nitrogens with one attached hydrogen (secondary N) is 1. The lowest BCUT2D eigenvalue weighted by Crippen LogP contribution is -2.43. The summed E-state index contributed by atoms with van der Waals surface area (Å²) in [7, 11) is 4.03. The number of hydrogen-bond donors (Lipinski definition) is 1. The number of nitrogens with zero attached hydrogens (tertiary/aromatic N) is 3. The fraction of sp³-hybridized carbons (Fsp3) is 0.583. The fourth-order valence-corrected chi connectivity index (χ4v) is 1.73. The Morgan fingerprint density at radius 2 is 1.94 bits per heavy atom. The van der Waals surface area contributed by atoms with Crippen molar-refractivity contribution in [3.63, 3.8) is 0 Å². The number of carbonyl (C=O) groups excluding carboxylic acids is 1. The summed E-state index contributed by atoms with van der Waals surface area (Å²) in [5.74, 6) is 0.357. The number of amides is 1. The summed E-state index contributed by atoms with van der Waals surface area (Å²) < 4.78 is 0. The summed E-state index contributed by atoms with van der Waals surface area (Å²) in [6, 6.07) is 0.323. The molecule has 0 saturated heterocycles. The minimum Gasteiger partial charge on any atom is -0.350 e. The Morgan fingerprint density at radius 1 is 1.35 bits per heavy atom. The zero-order valence-electron chi connectivity index (χ0n) is 10.8. The van der Waals surface area contributed by atoms with Gasteiger partial charge in [0.2, 0.25) is 0 Å². The highest BCUT2D eigenvalue weighted by atomic mass is 16.1. The Morgan fingerprint density at radius 3 is 2.41 bits per heavy atom. The van der Waals surface area contributed by atoms with Crippen molar-refractivity contribution in [1.82, 2.24) is 20.2 Å². The number of carbonyl (C=O) groups is 1. The SMILES string of the molecule is CC(C)[C@H](CNC(=O)c1cncnc1)N(C)C. The van der Waals surface area contributed by atoms with Gasteiger partial charge in [-0.3, -0.25) is 4.79 Å². The Kier molecular flexibility index (Phi) is 5.03. The van der Waals surface area contributed by atoms with Crippen LogP contribution >= 0.6 is 0 Å². The maximum atomic E-state index is 11.8. The zero-order valence-corrected chi connectivity index (χ0v) is 10.8. The van der Waals surface area contributed by atoms with Crippen molar-refractivity contribution in [2.24, 2.45) is 5.92 Å². The predicted octanol–water partition coefficient (Wildman–Crippen LogP) is 0.793. The van der Waals surface area contributed by atoms with Gasteiger partial charge in [-0.2, -0.15) is 0 Å². The van der Waals surface area contributed by atoms with Crippen LogP contribution in [0.1, 0.15) is 24.2 Å². The largest absolute Gasteiger partial charge is 0.350 e. The molecule has 0 fully saturated rings. The van der Waals surface area contributed by atoms with Gasteiger partial charge >= 0.3 is 0 Å². The van der Waals surface area contributed by atoms with Crippen LogP contribution in [-0.4, -0.2) is 47.5 Å². The van der Waals surface area contributed by atoms with Crippen LogP contribution in [0.2, 0.25) is 0 Å². The molecule has 94 valence electrons. The summed E-state index contributed by atoms with van der Waals surface area (Å²) in [6.07, 6.45) is 4.44. The van der Waals surface area contributed by atoms with E-state index in [0.717, 1.165) is 0 Å². The minimum atomic E-state index is -0.127. The maximum absolute atomic E-state index is 11.8. The first-order chi connectivity index (χ1) is 8.02. The molecule has 0 aliphatic rings. The quantitative estimate of drug-likeness (QED) is 0.821. The normalized spacial score (nSPS) is 12.8. The first-order valence-corrected chi connectivity index (χ1v) is 5.72. The Hall–Kier alpha value is -1.49. The number of aromatic nitrogens is 2. The number of likely N-dealkylation sites (N-methyl/N-ethyl adjacent to an activating group) is 1. The molecule has 5 nitrogen and oxygen atoms in total. The van der Waals surface area contributed by atoms with E-state index < -0.39 is 0 Å². The van der Waals surface area contributed by atoms with Gasteiger partial charge < -0.3 is 10.2 Å². The molecule has 1 amide bonds. The van der Waals surface area contributed by atoms with E-state index in [0.29, 0.717) is 24.1 Å². The van der Waals surface area contributed by atoms with E-state index in [1.807, 2.05) is 14.1 Å². The van der Waals surface area contributed by atoms with Gasteiger partial charge in [0, 0.05) is 25.0 Å². The minimum absolute atomic E-state index is 0.127. The van der Waals surface area contributed by atoms with E-state index in [-0.39, 0.29) is 5.91 Å². The number of rotatable bonds is 5. The van der Waals surface area contributed by atoms with Crippen LogP contribution < -0.4 is 5.32 Å². The van der Waals surface area contributed by atoms with E-state index in [9.17, 15) is 4.79 Å². The molecule has 0 saturated carbocycles. The standard InChI is InChI=1S/C12H20N4O/c1-9(2)11(16(3)4)7-15-12(17)10-5-13-8-14-6-10/h5-6,8-9,11H,7H2,1-4H3,(H,15,17)/t11-/m0/s1. The van der Waals surface area contributed by atoms with Crippen LogP contribution in [0.15, 0.2) is 18.7 Å². The third-order valence-corrected chi connectivity index (χ3v) is 2.73. The van der Waals surface area contributed by atoms with Crippen LogP contribution in [0.5, 0.6) is 0 Å². The predicted molar refractivity (Wildman–Crippen MR) is 66.7 cm³/mol. The van der Waals surface area contributed by atoms with Gasteiger partial charge in [-0.25, -0.2) is 9.97 Å². The Bertz CT molecular complexity index is 343. The third kappa shape index (κ3) is 4.11. The van der Waals surface area contributed by atoms with E-state index in [1.165, 1.54) is 18.7 Å². The molecular weight excluding hydrogens is 216 g/mol. The lowest BCUT2D eigenvalue weighted by molar-refractivity contribution is 0.0934. The molecule has 1 N–H and O–H groups in total. The summed E-state index contributed by atoms with van der Waals surface area (Å²) in [6.45, 7) is 4.91. The zero-order chi connectivity index (χ0) is 12.8. The molecule has 1 atom stereocenters. The molecule has 0 aliphatic carbocycles. The van der Waals surface area contributed by atoms with E-state index >= 15 is 0 Å². The van der Waals surface area contributed by atoms with Crippen LogP contribution in [-0.2, 0) is 0 Å². The van der Waals surface area contributed by atoms with Crippen LogP contribution in [0, 0.1) is 5.92 Å². The van der Waals surface area contributed by atoms with Crippen LogP contribution in [0.25, 0.3) is 0 Å². The van der Waals surface area contributed by atoms with Crippen molar-refractivity contribution in [2.75, 3.05) is 20.6 Å². The highest BCUT2D eigenvalue weighted by Crippen LogP contribution is 2.06. The summed E-state index contributed by atoms with van der Waals surface area (Å²) in [4.78, 5) is 21.5. The average Bonchev–Trinajstić information content (AvgIpc) is 2.29. The van der Waals surface area contributed by atoms with Crippen molar-refractivity contribution in [3.8, 4) is 0 Å². The highest BCUT2D eigenvalue weighted by molar-refractivity contribution is 5.93. The molecule has 1 aromatic rings. The highest BCUT2D eigenvalue weighted by Gasteiger charge is 2.17. The van der Waals surface area contributed by atoms with E-state index in [4.69, 9.17) is 0 Å². The van der Waals surface area contributed by atoms with Gasteiger partial charge in [-0.15, -0.1) is 0 Å². The van der Waals surface area contributed by atoms with Crippen molar-refractivity contribution >= 4 is 5.91 Å². The third-order valence-electron chi connectivity index (χ3n) is 2.73. The second-order valence-corrected chi connectivity index (χ2v) is 4.61. The second kappa shape index (κ2) is 6.30. The molecule has 1 aromatic heterocycles. The maximum Gasteiger partial charge on any atom is 0.254 e. The Balaban J connectivity index is 2.53. The van der Waals surface area contributed by atoms with Crippen molar-refractivity contribution in [2.45, 2.75) is 19.9 Å². The van der Waals surface area contributed by atoms with Gasteiger partial charge in [0.25, 0.3) is 5.91 Å². The van der Waals surface area contributed by atoms with Gasteiger partial charge in [-0.1, -0.05) is 13.8 Å².